The Hall–Kier alpha value is -2.61. The molecule has 0 fully saturated rings. The highest BCUT2D eigenvalue weighted by Crippen LogP contribution is 2.27. The Kier molecular flexibility index (Phi) is 7.80. The van der Waals surface area contributed by atoms with E-state index in [9.17, 15) is 9.59 Å². The molecule has 0 atom stereocenters. The number of carbonyl (C=O) groups excluding carboxylic acids is 2. The SMILES string of the molecule is Cc1ccc(C(C)C)c(OCC(=O)NNC(=O)CSc2nc(C)cc(C)n2)c1. The highest BCUT2D eigenvalue weighted by atomic mass is 32.2. The number of hydrogen-bond donors (Lipinski definition) is 2. The Balaban J connectivity index is 1.78. The Bertz CT molecular complexity index is 835. The first-order valence-corrected chi connectivity index (χ1v) is 9.99. The molecule has 1 aromatic carbocycles. The molecule has 0 unspecified atom stereocenters. The van der Waals surface area contributed by atoms with E-state index in [4.69, 9.17) is 4.74 Å². The third-order valence-corrected chi connectivity index (χ3v) is 4.63. The van der Waals surface area contributed by atoms with Gasteiger partial charge in [-0.1, -0.05) is 37.7 Å². The molecular formula is C20H26N4O3S. The van der Waals surface area contributed by atoms with Gasteiger partial charge in [-0.2, -0.15) is 0 Å². The van der Waals surface area contributed by atoms with Crippen molar-refractivity contribution in [3.8, 4) is 5.75 Å². The van der Waals surface area contributed by atoms with Crippen LogP contribution < -0.4 is 15.6 Å². The summed E-state index contributed by atoms with van der Waals surface area (Å²) in [6.07, 6.45) is 0. The van der Waals surface area contributed by atoms with E-state index in [-0.39, 0.29) is 24.2 Å². The summed E-state index contributed by atoms with van der Waals surface area (Å²) in [5.41, 5.74) is 8.51. The van der Waals surface area contributed by atoms with E-state index in [1.807, 2.05) is 45.0 Å². The number of nitrogens with zero attached hydrogens (tertiary/aromatic N) is 2. The van der Waals surface area contributed by atoms with Crippen molar-refractivity contribution in [2.24, 2.45) is 0 Å². The molecule has 7 nitrogen and oxygen atoms in total. The summed E-state index contributed by atoms with van der Waals surface area (Å²) >= 11 is 1.21. The van der Waals surface area contributed by atoms with Gasteiger partial charge in [0.25, 0.3) is 5.91 Å². The number of hydrogen-bond acceptors (Lipinski definition) is 6. The zero-order valence-corrected chi connectivity index (χ0v) is 17.6. The topological polar surface area (TPSA) is 93.2 Å². The standard InChI is InChI=1S/C20H26N4O3S/c1-12(2)16-7-6-13(3)8-17(16)27-10-18(25)23-24-19(26)11-28-20-21-14(4)9-15(5)22-20/h6-9,12H,10-11H2,1-5H3,(H,23,25)(H,24,26). The highest BCUT2D eigenvalue weighted by molar-refractivity contribution is 7.99. The van der Waals surface area contributed by atoms with Crippen molar-refractivity contribution >= 4 is 23.6 Å². The van der Waals surface area contributed by atoms with Crippen molar-refractivity contribution in [3.63, 3.8) is 0 Å². The lowest BCUT2D eigenvalue weighted by atomic mass is 10.0. The fraction of sp³-hybridized carbons (Fsp3) is 0.400. The van der Waals surface area contributed by atoms with E-state index in [0.717, 1.165) is 22.5 Å². The van der Waals surface area contributed by atoms with Crippen molar-refractivity contribution in [2.75, 3.05) is 12.4 Å². The summed E-state index contributed by atoms with van der Waals surface area (Å²) < 4.78 is 5.64. The molecule has 2 N–H and O–H groups in total. The third kappa shape index (κ3) is 6.84. The molecular weight excluding hydrogens is 376 g/mol. The van der Waals surface area contributed by atoms with E-state index in [1.54, 1.807) is 0 Å². The molecule has 0 aliphatic heterocycles. The van der Waals surface area contributed by atoms with Crippen molar-refractivity contribution in [1.82, 2.24) is 20.8 Å². The number of benzene rings is 1. The van der Waals surface area contributed by atoms with E-state index in [0.29, 0.717) is 10.9 Å². The van der Waals surface area contributed by atoms with Gasteiger partial charge in [0.15, 0.2) is 11.8 Å². The van der Waals surface area contributed by atoms with Crippen LogP contribution in [0.2, 0.25) is 0 Å². The van der Waals surface area contributed by atoms with Crippen LogP contribution in [-0.4, -0.2) is 34.1 Å². The molecule has 0 bridgehead atoms. The molecule has 1 aromatic heterocycles. The summed E-state index contributed by atoms with van der Waals surface area (Å²) in [4.78, 5) is 32.4. The van der Waals surface area contributed by atoms with Gasteiger partial charge < -0.3 is 4.74 Å². The van der Waals surface area contributed by atoms with Crippen molar-refractivity contribution < 1.29 is 14.3 Å². The third-order valence-electron chi connectivity index (χ3n) is 3.79. The normalized spacial score (nSPS) is 10.6. The first-order valence-electron chi connectivity index (χ1n) is 9.00. The average Bonchev–Trinajstić information content (AvgIpc) is 2.62. The maximum atomic E-state index is 12.0. The van der Waals surface area contributed by atoms with Gasteiger partial charge in [-0.05, 0) is 49.9 Å². The predicted octanol–water partition coefficient (Wildman–Crippen LogP) is 2.84. The van der Waals surface area contributed by atoms with Gasteiger partial charge in [-0.15, -0.1) is 0 Å². The molecule has 1 heterocycles. The Morgan fingerprint density at radius 3 is 2.32 bits per heavy atom. The largest absolute Gasteiger partial charge is 0.483 e. The lowest BCUT2D eigenvalue weighted by Crippen LogP contribution is -2.44. The van der Waals surface area contributed by atoms with Gasteiger partial charge in [-0.3, -0.25) is 20.4 Å². The molecule has 150 valence electrons. The van der Waals surface area contributed by atoms with Gasteiger partial charge >= 0.3 is 0 Å². The molecule has 0 radical (unpaired) electrons. The van der Waals surface area contributed by atoms with Crippen LogP contribution in [0.4, 0.5) is 0 Å². The molecule has 2 rings (SSSR count). The van der Waals surface area contributed by atoms with E-state index in [2.05, 4.69) is 34.7 Å². The predicted molar refractivity (Wildman–Crippen MR) is 109 cm³/mol. The second kappa shape index (κ2) is 10.1. The first-order chi connectivity index (χ1) is 13.2. The van der Waals surface area contributed by atoms with Gasteiger partial charge in [0.2, 0.25) is 5.91 Å². The van der Waals surface area contributed by atoms with Crippen LogP contribution in [0.1, 0.15) is 42.3 Å². The molecule has 2 aromatic rings. The second-order valence-electron chi connectivity index (χ2n) is 6.80. The Labute approximate surface area is 169 Å². The minimum absolute atomic E-state index is 0.0966. The summed E-state index contributed by atoms with van der Waals surface area (Å²) in [5.74, 6) is 0.276. The summed E-state index contributed by atoms with van der Waals surface area (Å²) in [7, 11) is 0. The quantitative estimate of drug-likeness (QED) is 0.420. The van der Waals surface area contributed by atoms with Crippen molar-refractivity contribution in [3.05, 3.63) is 46.8 Å². The van der Waals surface area contributed by atoms with Crippen LogP contribution in [0.3, 0.4) is 0 Å². The van der Waals surface area contributed by atoms with Crippen LogP contribution in [0, 0.1) is 20.8 Å². The van der Waals surface area contributed by atoms with Crippen molar-refractivity contribution in [1.29, 1.82) is 0 Å². The van der Waals surface area contributed by atoms with E-state index >= 15 is 0 Å². The summed E-state index contributed by atoms with van der Waals surface area (Å²) in [6.45, 7) is 9.66. The number of amides is 2. The van der Waals surface area contributed by atoms with Crippen LogP contribution in [-0.2, 0) is 9.59 Å². The molecule has 0 saturated heterocycles. The summed E-state index contributed by atoms with van der Waals surface area (Å²) in [5, 5.41) is 0.531. The minimum Gasteiger partial charge on any atom is -0.483 e. The van der Waals surface area contributed by atoms with Gasteiger partial charge in [-0.25, -0.2) is 9.97 Å². The Morgan fingerprint density at radius 1 is 1.04 bits per heavy atom. The monoisotopic (exact) mass is 402 g/mol. The van der Waals surface area contributed by atoms with Crippen LogP contribution in [0.25, 0.3) is 0 Å². The molecule has 0 spiro atoms. The molecule has 8 heteroatoms. The van der Waals surface area contributed by atoms with Crippen molar-refractivity contribution in [2.45, 2.75) is 45.7 Å². The fourth-order valence-corrected chi connectivity index (χ4v) is 3.24. The molecule has 2 amide bonds. The zero-order valence-electron chi connectivity index (χ0n) is 16.8. The number of thioether (sulfide) groups is 1. The van der Waals surface area contributed by atoms with E-state index < -0.39 is 5.91 Å². The Morgan fingerprint density at radius 2 is 1.68 bits per heavy atom. The molecule has 28 heavy (non-hydrogen) atoms. The number of aryl methyl sites for hydroxylation is 3. The smallest absolute Gasteiger partial charge is 0.276 e. The average molecular weight is 403 g/mol. The second-order valence-corrected chi connectivity index (χ2v) is 7.75. The lowest BCUT2D eigenvalue weighted by Gasteiger charge is -2.15. The minimum atomic E-state index is -0.433. The number of ether oxygens (including phenoxy) is 1. The number of hydrazine groups is 1. The maximum Gasteiger partial charge on any atom is 0.276 e. The van der Waals surface area contributed by atoms with Crippen LogP contribution in [0.5, 0.6) is 5.75 Å². The van der Waals surface area contributed by atoms with Gasteiger partial charge in [0, 0.05) is 11.4 Å². The molecule has 0 aliphatic carbocycles. The number of nitrogens with one attached hydrogen (secondary N) is 2. The number of aromatic nitrogens is 2. The van der Waals surface area contributed by atoms with Crippen LogP contribution in [0.15, 0.2) is 29.4 Å². The molecule has 0 saturated carbocycles. The van der Waals surface area contributed by atoms with Gasteiger partial charge in [0.1, 0.15) is 5.75 Å². The zero-order chi connectivity index (χ0) is 20.7. The highest BCUT2D eigenvalue weighted by Gasteiger charge is 2.11. The first kappa shape index (κ1) is 21.7. The van der Waals surface area contributed by atoms with E-state index in [1.165, 1.54) is 11.8 Å². The number of rotatable bonds is 7. The molecule has 0 aliphatic rings. The fourth-order valence-electron chi connectivity index (χ4n) is 2.49. The maximum absolute atomic E-state index is 12.0. The van der Waals surface area contributed by atoms with Crippen LogP contribution >= 0.6 is 11.8 Å². The number of carbonyl (C=O) groups is 2. The lowest BCUT2D eigenvalue weighted by molar-refractivity contribution is -0.128. The summed E-state index contributed by atoms with van der Waals surface area (Å²) in [6, 6.07) is 7.78. The van der Waals surface area contributed by atoms with Gasteiger partial charge in [0.05, 0.1) is 5.75 Å².